The minimum atomic E-state index is -0.335. The minimum absolute atomic E-state index is 0.0216. The summed E-state index contributed by atoms with van der Waals surface area (Å²) in [5.74, 6) is -0.170. The molecule has 0 radical (unpaired) electrons. The molecule has 5 heteroatoms. The van der Waals surface area contributed by atoms with Crippen LogP contribution < -0.4 is 10.6 Å². The Morgan fingerprint density at radius 3 is 2.68 bits per heavy atom. The topological polar surface area (TPSA) is 71.3 Å². The van der Waals surface area contributed by atoms with Gasteiger partial charge < -0.3 is 15.1 Å². The molecule has 0 saturated heterocycles. The largest absolute Gasteiger partial charge is 0.465 e. The molecule has 5 nitrogen and oxygen atoms in total. The number of nitrogens with one attached hydrogen (secondary N) is 2. The molecule has 0 aliphatic rings. The maximum Gasteiger partial charge on any atom is 0.268 e. The maximum atomic E-state index is 12.6. The van der Waals surface area contributed by atoms with Crippen molar-refractivity contribution in [3.8, 4) is 0 Å². The average molecular weight is 340 g/mol. The van der Waals surface area contributed by atoms with E-state index in [-0.39, 0.29) is 23.6 Å². The number of aryl methyl sites for hydroxylation is 1. The number of hydrogen-bond acceptors (Lipinski definition) is 3. The lowest BCUT2D eigenvalue weighted by Gasteiger charge is -2.15. The zero-order valence-corrected chi connectivity index (χ0v) is 14.8. The summed E-state index contributed by atoms with van der Waals surface area (Å²) >= 11 is 0. The number of hydrogen-bond donors (Lipinski definition) is 2. The van der Waals surface area contributed by atoms with E-state index in [9.17, 15) is 9.59 Å². The van der Waals surface area contributed by atoms with Gasteiger partial charge in [0.2, 0.25) is 0 Å². The first kappa shape index (κ1) is 18.5. The zero-order valence-electron chi connectivity index (χ0n) is 14.8. The van der Waals surface area contributed by atoms with Gasteiger partial charge in [0.15, 0.2) is 0 Å². The van der Waals surface area contributed by atoms with Crippen molar-refractivity contribution in [3.05, 3.63) is 65.2 Å². The third-order valence-electron chi connectivity index (χ3n) is 3.70. The van der Waals surface area contributed by atoms with Crippen LogP contribution >= 0.6 is 0 Å². The molecule has 0 fully saturated rings. The van der Waals surface area contributed by atoms with E-state index in [4.69, 9.17) is 4.42 Å². The molecule has 1 atom stereocenters. The summed E-state index contributed by atoms with van der Waals surface area (Å²) in [4.78, 5) is 25.0. The molecule has 1 heterocycles. The van der Waals surface area contributed by atoms with Crippen LogP contribution in [0, 0.1) is 6.92 Å². The van der Waals surface area contributed by atoms with Gasteiger partial charge in [-0.2, -0.15) is 0 Å². The Morgan fingerprint density at radius 2 is 2.04 bits per heavy atom. The summed E-state index contributed by atoms with van der Waals surface area (Å²) in [5.41, 5.74) is 1.63. The van der Waals surface area contributed by atoms with Crippen molar-refractivity contribution in [3.63, 3.8) is 0 Å². The second kappa shape index (κ2) is 8.87. The van der Waals surface area contributed by atoms with Crippen molar-refractivity contribution < 1.29 is 14.0 Å². The molecule has 0 unspecified atom stereocenters. The third-order valence-corrected chi connectivity index (χ3v) is 3.70. The number of furan rings is 1. The second-order valence-corrected chi connectivity index (χ2v) is 6.06. The predicted molar refractivity (Wildman–Crippen MR) is 97.8 cm³/mol. The van der Waals surface area contributed by atoms with Gasteiger partial charge in [-0.25, -0.2) is 0 Å². The van der Waals surface area contributed by atoms with E-state index in [0.717, 1.165) is 18.4 Å². The molecule has 2 amide bonds. The number of amides is 2. The Labute approximate surface area is 148 Å². The lowest BCUT2D eigenvalue weighted by Crippen LogP contribution is -2.39. The fraction of sp³-hybridized carbons (Fsp3) is 0.300. The zero-order chi connectivity index (χ0) is 18.2. The van der Waals surface area contributed by atoms with Crippen LogP contribution in [-0.2, 0) is 4.79 Å². The van der Waals surface area contributed by atoms with Crippen LogP contribution in [0.5, 0.6) is 0 Å². The summed E-state index contributed by atoms with van der Waals surface area (Å²) in [6.45, 7) is 5.91. The number of benzene rings is 1. The van der Waals surface area contributed by atoms with Gasteiger partial charge in [0.05, 0.1) is 6.26 Å². The molecular formula is C20H24N2O3. The highest BCUT2D eigenvalue weighted by Gasteiger charge is 2.17. The van der Waals surface area contributed by atoms with Gasteiger partial charge in [0, 0.05) is 17.7 Å². The van der Waals surface area contributed by atoms with Crippen molar-refractivity contribution in [1.82, 2.24) is 10.6 Å². The van der Waals surface area contributed by atoms with Gasteiger partial charge in [0.25, 0.3) is 11.8 Å². The van der Waals surface area contributed by atoms with Crippen molar-refractivity contribution in [1.29, 1.82) is 0 Å². The van der Waals surface area contributed by atoms with Gasteiger partial charge in [-0.3, -0.25) is 9.59 Å². The Kier molecular flexibility index (Phi) is 6.57. The van der Waals surface area contributed by atoms with Crippen LogP contribution in [-0.4, -0.2) is 17.9 Å². The molecule has 0 aliphatic carbocycles. The lowest BCUT2D eigenvalue weighted by atomic mass is 10.1. The Hall–Kier alpha value is -2.82. The molecule has 0 saturated carbocycles. The van der Waals surface area contributed by atoms with E-state index in [1.165, 1.54) is 12.3 Å². The van der Waals surface area contributed by atoms with Crippen molar-refractivity contribution in [2.24, 2.45) is 0 Å². The van der Waals surface area contributed by atoms with E-state index in [1.54, 1.807) is 24.3 Å². The molecule has 0 aliphatic heterocycles. The van der Waals surface area contributed by atoms with Crippen molar-refractivity contribution in [2.45, 2.75) is 39.7 Å². The second-order valence-electron chi connectivity index (χ2n) is 6.06. The molecule has 2 N–H and O–H groups in total. The van der Waals surface area contributed by atoms with E-state index in [0.29, 0.717) is 11.3 Å². The molecule has 132 valence electrons. The number of carbonyl (C=O) groups is 2. The SMILES string of the molecule is CCC[C@@H](C)NC(=O)/C(=C/c1ccco1)NC(=O)c1cccc(C)c1. The Bertz CT molecular complexity index is 748. The standard InChI is InChI=1S/C20H24N2O3/c1-4-7-15(3)21-20(24)18(13-17-10-6-11-25-17)22-19(23)16-9-5-8-14(2)12-16/h5-6,8-13,15H,4,7H2,1-3H3,(H,21,24)(H,22,23)/b18-13-/t15-/m1/s1. The summed E-state index contributed by atoms with van der Waals surface area (Å²) in [6, 6.07) is 10.7. The summed E-state index contributed by atoms with van der Waals surface area (Å²) in [7, 11) is 0. The first-order valence-corrected chi connectivity index (χ1v) is 8.43. The van der Waals surface area contributed by atoms with Gasteiger partial charge in [0.1, 0.15) is 11.5 Å². The van der Waals surface area contributed by atoms with Crippen LogP contribution in [0.25, 0.3) is 6.08 Å². The normalized spacial score (nSPS) is 12.5. The maximum absolute atomic E-state index is 12.6. The summed E-state index contributed by atoms with van der Waals surface area (Å²) < 4.78 is 5.27. The molecular weight excluding hydrogens is 316 g/mol. The third kappa shape index (κ3) is 5.64. The Morgan fingerprint density at radius 1 is 1.24 bits per heavy atom. The van der Waals surface area contributed by atoms with Gasteiger partial charge in [-0.1, -0.05) is 31.0 Å². The van der Waals surface area contributed by atoms with Crippen LogP contribution in [0.15, 0.2) is 52.8 Å². The molecule has 2 aromatic rings. The first-order valence-electron chi connectivity index (χ1n) is 8.43. The number of rotatable bonds is 7. The van der Waals surface area contributed by atoms with E-state index < -0.39 is 0 Å². The smallest absolute Gasteiger partial charge is 0.268 e. The minimum Gasteiger partial charge on any atom is -0.465 e. The monoisotopic (exact) mass is 340 g/mol. The molecule has 1 aromatic carbocycles. The molecule has 1 aromatic heterocycles. The molecule has 25 heavy (non-hydrogen) atoms. The summed E-state index contributed by atoms with van der Waals surface area (Å²) in [5, 5.41) is 5.59. The van der Waals surface area contributed by atoms with Crippen molar-refractivity contribution >= 4 is 17.9 Å². The highest BCUT2D eigenvalue weighted by molar-refractivity contribution is 6.05. The fourth-order valence-electron chi connectivity index (χ4n) is 2.46. The highest BCUT2D eigenvalue weighted by Crippen LogP contribution is 2.09. The quantitative estimate of drug-likeness (QED) is 0.756. The van der Waals surface area contributed by atoms with E-state index >= 15 is 0 Å². The predicted octanol–water partition coefficient (Wildman–Crippen LogP) is 3.66. The molecule has 0 spiro atoms. The van der Waals surface area contributed by atoms with Crippen LogP contribution in [0.2, 0.25) is 0 Å². The highest BCUT2D eigenvalue weighted by atomic mass is 16.3. The number of carbonyl (C=O) groups excluding carboxylic acids is 2. The molecule has 2 rings (SSSR count). The molecule has 0 bridgehead atoms. The average Bonchev–Trinajstić information content (AvgIpc) is 3.07. The van der Waals surface area contributed by atoms with Gasteiger partial charge in [-0.05, 0) is 44.5 Å². The van der Waals surface area contributed by atoms with Crippen molar-refractivity contribution in [2.75, 3.05) is 0 Å². The fourth-order valence-corrected chi connectivity index (χ4v) is 2.46. The van der Waals surface area contributed by atoms with Crippen LogP contribution in [0.3, 0.4) is 0 Å². The lowest BCUT2D eigenvalue weighted by molar-refractivity contribution is -0.118. The van der Waals surface area contributed by atoms with E-state index in [2.05, 4.69) is 17.6 Å². The van der Waals surface area contributed by atoms with Crippen LogP contribution in [0.4, 0.5) is 0 Å². The Balaban J connectivity index is 2.20. The van der Waals surface area contributed by atoms with Gasteiger partial charge in [-0.15, -0.1) is 0 Å². The first-order chi connectivity index (χ1) is 12.0. The summed E-state index contributed by atoms with van der Waals surface area (Å²) in [6.07, 6.45) is 4.88. The van der Waals surface area contributed by atoms with Gasteiger partial charge >= 0.3 is 0 Å². The van der Waals surface area contributed by atoms with Crippen LogP contribution in [0.1, 0.15) is 48.4 Å². The van der Waals surface area contributed by atoms with E-state index in [1.807, 2.05) is 26.0 Å².